The summed E-state index contributed by atoms with van der Waals surface area (Å²) in [5, 5.41) is 6.23. The minimum Gasteiger partial charge on any atom is -0.367 e. The quantitative estimate of drug-likeness (QED) is 0.292. The number of pyridine rings is 1. The van der Waals surface area contributed by atoms with Crippen LogP contribution in [0.5, 0.6) is 0 Å². The molecule has 3 nitrogen and oxygen atoms in total. The third kappa shape index (κ3) is 2.52. The van der Waals surface area contributed by atoms with E-state index in [1.807, 2.05) is 12.3 Å². The number of hydrogen-bond acceptors (Lipinski definition) is 2. The van der Waals surface area contributed by atoms with Gasteiger partial charge in [-0.2, -0.15) is 0 Å². The topological polar surface area (TPSA) is 29.9 Å². The van der Waals surface area contributed by atoms with Gasteiger partial charge in [-0.1, -0.05) is 78.9 Å². The molecule has 164 valence electrons. The van der Waals surface area contributed by atoms with E-state index < -0.39 is 0 Å². The van der Waals surface area contributed by atoms with Gasteiger partial charge in [0.15, 0.2) is 0 Å². The number of nitrogens with zero attached hydrogens (tertiary/aromatic N) is 2. The molecule has 0 unspecified atom stereocenters. The minimum absolute atomic E-state index is 0.824. The zero-order valence-corrected chi connectivity index (χ0v) is 19.0. The van der Waals surface area contributed by atoms with Gasteiger partial charge in [0, 0.05) is 24.0 Å². The fourth-order valence-electron chi connectivity index (χ4n) is 5.92. The molecule has 1 N–H and O–H groups in total. The Bertz CT molecular complexity index is 1810. The van der Waals surface area contributed by atoms with E-state index in [0.717, 1.165) is 34.6 Å². The fourth-order valence-corrected chi connectivity index (χ4v) is 5.92. The van der Waals surface area contributed by atoms with Gasteiger partial charge in [0.05, 0.1) is 11.0 Å². The van der Waals surface area contributed by atoms with Crippen LogP contribution in [0.15, 0.2) is 103 Å². The van der Waals surface area contributed by atoms with Crippen molar-refractivity contribution in [2.75, 3.05) is 11.9 Å². The van der Waals surface area contributed by atoms with E-state index in [2.05, 4.69) is 112 Å². The van der Waals surface area contributed by atoms with E-state index in [1.54, 1.807) is 0 Å². The number of aromatic nitrogens is 2. The molecule has 2 aromatic heterocycles. The Morgan fingerprint density at radius 3 is 2.31 bits per heavy atom. The largest absolute Gasteiger partial charge is 0.367 e. The lowest BCUT2D eigenvalue weighted by molar-refractivity contribution is 1.09. The van der Waals surface area contributed by atoms with Crippen molar-refractivity contribution in [1.29, 1.82) is 0 Å². The highest BCUT2D eigenvalue weighted by atomic mass is 15.1. The van der Waals surface area contributed by atoms with Crippen molar-refractivity contribution in [2.45, 2.75) is 0 Å². The van der Waals surface area contributed by atoms with Crippen molar-refractivity contribution in [2.24, 2.45) is 0 Å². The molecule has 3 heterocycles. The first kappa shape index (κ1) is 18.8. The molecule has 2 aliphatic rings. The zero-order chi connectivity index (χ0) is 22.9. The SMILES string of the molecule is C1=Cc2c(n(-c3ccc(-c4ccc5c6c(cccc46)-c4ccccc4-5)cc3)c3cccnc23)NC1. The molecule has 6 aromatic rings. The smallest absolute Gasteiger partial charge is 0.120 e. The van der Waals surface area contributed by atoms with E-state index in [4.69, 9.17) is 0 Å². The third-order valence-corrected chi connectivity index (χ3v) is 7.42. The second kappa shape index (κ2) is 6.94. The van der Waals surface area contributed by atoms with Crippen LogP contribution in [0.3, 0.4) is 0 Å². The first-order valence-electron chi connectivity index (χ1n) is 12.0. The van der Waals surface area contributed by atoms with Crippen molar-refractivity contribution in [3.63, 3.8) is 0 Å². The van der Waals surface area contributed by atoms with Crippen LogP contribution >= 0.6 is 0 Å². The fraction of sp³-hybridized carbons (Fsp3) is 0.0312. The number of benzene rings is 4. The Morgan fingerprint density at radius 1 is 0.686 bits per heavy atom. The molecule has 1 aliphatic heterocycles. The number of nitrogens with one attached hydrogen (secondary N) is 1. The maximum atomic E-state index is 4.67. The lowest BCUT2D eigenvalue weighted by atomic mass is 9.94. The Hall–Kier alpha value is -4.63. The molecule has 0 bridgehead atoms. The van der Waals surface area contributed by atoms with E-state index in [-0.39, 0.29) is 0 Å². The van der Waals surface area contributed by atoms with Crippen LogP contribution in [-0.2, 0) is 0 Å². The van der Waals surface area contributed by atoms with Crippen LogP contribution in [-0.4, -0.2) is 16.1 Å². The molecule has 3 heteroatoms. The second-order valence-corrected chi connectivity index (χ2v) is 9.23. The van der Waals surface area contributed by atoms with Gasteiger partial charge in [-0.25, -0.2) is 0 Å². The summed E-state index contributed by atoms with van der Waals surface area (Å²) in [5.41, 5.74) is 12.3. The predicted octanol–water partition coefficient (Wildman–Crippen LogP) is 7.93. The molecule has 0 saturated carbocycles. The van der Waals surface area contributed by atoms with Crippen LogP contribution in [0, 0.1) is 0 Å². The van der Waals surface area contributed by atoms with Gasteiger partial charge in [0.1, 0.15) is 5.82 Å². The summed E-state index contributed by atoms with van der Waals surface area (Å²) in [7, 11) is 0. The van der Waals surface area contributed by atoms with Crippen LogP contribution in [0.25, 0.3) is 66.9 Å². The molecular weight excluding hydrogens is 426 g/mol. The summed E-state index contributed by atoms with van der Waals surface area (Å²) in [6.07, 6.45) is 6.20. The number of hydrogen-bond donors (Lipinski definition) is 1. The highest BCUT2D eigenvalue weighted by Crippen LogP contribution is 2.49. The first-order valence-corrected chi connectivity index (χ1v) is 12.0. The van der Waals surface area contributed by atoms with E-state index in [0.29, 0.717) is 0 Å². The average molecular weight is 448 g/mol. The standard InChI is InChI=1S/C32H21N3/c1-2-7-24-23(6-1)26-9-3-8-25-22(16-17-27(24)30(25)26)20-12-14-21(15-13-20)35-29-11-5-18-33-31(29)28-10-4-19-34-32(28)35/h1-18,34H,19H2. The summed E-state index contributed by atoms with van der Waals surface area (Å²) < 4.78 is 2.29. The van der Waals surface area contributed by atoms with Crippen LogP contribution in [0.2, 0.25) is 0 Å². The molecule has 4 aromatic carbocycles. The molecule has 0 saturated heterocycles. The Kier molecular flexibility index (Phi) is 3.72. The number of anilines is 1. The van der Waals surface area contributed by atoms with Crippen molar-refractivity contribution in [3.05, 3.63) is 109 Å². The minimum atomic E-state index is 0.824. The van der Waals surface area contributed by atoms with Crippen molar-refractivity contribution in [3.8, 4) is 39.1 Å². The molecule has 1 aliphatic carbocycles. The van der Waals surface area contributed by atoms with E-state index >= 15 is 0 Å². The summed E-state index contributed by atoms with van der Waals surface area (Å²) in [6, 6.07) is 33.1. The maximum absolute atomic E-state index is 4.67. The third-order valence-electron chi connectivity index (χ3n) is 7.42. The van der Waals surface area contributed by atoms with Gasteiger partial charge >= 0.3 is 0 Å². The van der Waals surface area contributed by atoms with Gasteiger partial charge in [-0.15, -0.1) is 0 Å². The molecule has 35 heavy (non-hydrogen) atoms. The normalized spacial score (nSPS) is 13.1. The molecular formula is C32H21N3. The van der Waals surface area contributed by atoms with Gasteiger partial charge in [0.25, 0.3) is 0 Å². The Balaban J connectivity index is 1.29. The Labute approximate surface area is 203 Å². The molecule has 8 rings (SSSR count). The van der Waals surface area contributed by atoms with Gasteiger partial charge in [-0.3, -0.25) is 9.55 Å². The lowest BCUT2D eigenvalue weighted by Gasteiger charge is -2.15. The predicted molar refractivity (Wildman–Crippen MR) is 146 cm³/mol. The summed E-state index contributed by atoms with van der Waals surface area (Å²) in [4.78, 5) is 4.67. The molecule has 0 spiro atoms. The highest BCUT2D eigenvalue weighted by molar-refractivity contribution is 6.18. The molecule has 0 amide bonds. The summed E-state index contributed by atoms with van der Waals surface area (Å²) in [6.45, 7) is 0.824. The van der Waals surface area contributed by atoms with Crippen molar-refractivity contribution < 1.29 is 0 Å². The zero-order valence-electron chi connectivity index (χ0n) is 19.0. The summed E-state index contributed by atoms with van der Waals surface area (Å²) in [5.74, 6) is 1.11. The van der Waals surface area contributed by atoms with Crippen molar-refractivity contribution in [1.82, 2.24) is 9.55 Å². The average Bonchev–Trinajstić information content (AvgIpc) is 3.44. The second-order valence-electron chi connectivity index (χ2n) is 9.23. The molecule has 0 radical (unpaired) electrons. The monoisotopic (exact) mass is 447 g/mol. The van der Waals surface area contributed by atoms with Crippen LogP contribution < -0.4 is 5.32 Å². The van der Waals surface area contributed by atoms with Crippen LogP contribution in [0.4, 0.5) is 5.82 Å². The van der Waals surface area contributed by atoms with Gasteiger partial charge < -0.3 is 5.32 Å². The lowest BCUT2D eigenvalue weighted by Crippen LogP contribution is -2.08. The van der Waals surface area contributed by atoms with Gasteiger partial charge in [0.2, 0.25) is 0 Å². The Morgan fingerprint density at radius 2 is 1.46 bits per heavy atom. The number of fused-ring (bicyclic) bond motifs is 6. The summed E-state index contributed by atoms with van der Waals surface area (Å²) >= 11 is 0. The molecule has 0 atom stereocenters. The molecule has 0 fully saturated rings. The van der Waals surface area contributed by atoms with E-state index in [1.165, 1.54) is 44.2 Å². The maximum Gasteiger partial charge on any atom is 0.120 e. The first-order chi connectivity index (χ1) is 17.4. The van der Waals surface area contributed by atoms with Crippen LogP contribution in [0.1, 0.15) is 5.56 Å². The number of rotatable bonds is 2. The van der Waals surface area contributed by atoms with Gasteiger partial charge in [-0.05, 0) is 68.4 Å². The van der Waals surface area contributed by atoms with E-state index in [9.17, 15) is 0 Å². The van der Waals surface area contributed by atoms with Crippen molar-refractivity contribution >= 4 is 33.7 Å². The highest BCUT2D eigenvalue weighted by Gasteiger charge is 2.22.